The molecule has 0 N–H and O–H groups in total. The average molecular weight is 676 g/mol. The van der Waals surface area contributed by atoms with E-state index in [9.17, 15) is 0 Å². The van der Waals surface area contributed by atoms with E-state index in [2.05, 4.69) is 229 Å². The van der Waals surface area contributed by atoms with Gasteiger partial charge in [-0.1, -0.05) is 188 Å². The van der Waals surface area contributed by atoms with Crippen molar-refractivity contribution in [3.05, 3.63) is 224 Å². The van der Waals surface area contributed by atoms with Crippen LogP contribution >= 0.6 is 0 Å². The fourth-order valence-corrected chi connectivity index (χ4v) is 7.59. The summed E-state index contributed by atoms with van der Waals surface area (Å²) < 4.78 is 0. The highest BCUT2D eigenvalue weighted by Gasteiger charge is 2.21. The molecule has 1 heteroatoms. The lowest BCUT2D eigenvalue weighted by Crippen LogP contribution is -2.11. The van der Waals surface area contributed by atoms with Crippen molar-refractivity contribution >= 4 is 27.8 Å². The predicted molar refractivity (Wildman–Crippen MR) is 226 cm³/mol. The zero-order valence-electron chi connectivity index (χ0n) is 29.3. The third-order valence-electron chi connectivity index (χ3n) is 10.1. The second kappa shape index (κ2) is 14.3. The van der Waals surface area contributed by atoms with E-state index in [0.29, 0.717) is 0 Å². The second-order valence-corrected chi connectivity index (χ2v) is 13.3. The summed E-state index contributed by atoms with van der Waals surface area (Å²) in [6.45, 7) is 0. The minimum Gasteiger partial charge on any atom is -0.310 e. The first-order valence-corrected chi connectivity index (χ1v) is 18.2. The highest BCUT2D eigenvalue weighted by molar-refractivity contribution is 6.00. The number of nitrogens with zero attached hydrogens (tertiary/aromatic N) is 1. The van der Waals surface area contributed by atoms with E-state index >= 15 is 0 Å². The Morgan fingerprint density at radius 3 is 1.53 bits per heavy atom. The number of rotatable bonds is 8. The number of fused-ring (bicyclic) bond motifs is 1. The van der Waals surface area contributed by atoms with Crippen molar-refractivity contribution < 1.29 is 0 Å². The van der Waals surface area contributed by atoms with Crippen molar-refractivity contribution in [2.45, 2.75) is 0 Å². The smallest absolute Gasteiger partial charge is 0.0540 e. The summed E-state index contributed by atoms with van der Waals surface area (Å²) in [5.74, 6) is 0. The maximum absolute atomic E-state index is 2.40. The SMILES string of the molecule is c1ccc(-c2ccc(-c3ccccc3-c3ccccc3N(c3ccccc3)c3cccc(-c4cccc5ccccc45)c3)c(-c3ccccc3)c2)cc1. The second-order valence-electron chi connectivity index (χ2n) is 13.3. The quantitative estimate of drug-likeness (QED) is 0.155. The summed E-state index contributed by atoms with van der Waals surface area (Å²) in [5.41, 5.74) is 15.3. The third-order valence-corrected chi connectivity index (χ3v) is 10.1. The van der Waals surface area contributed by atoms with E-state index < -0.39 is 0 Å². The van der Waals surface area contributed by atoms with Crippen LogP contribution in [-0.4, -0.2) is 0 Å². The van der Waals surface area contributed by atoms with E-state index in [1.807, 2.05) is 0 Å². The summed E-state index contributed by atoms with van der Waals surface area (Å²) in [6.07, 6.45) is 0. The minimum atomic E-state index is 1.10. The lowest BCUT2D eigenvalue weighted by molar-refractivity contribution is 1.28. The van der Waals surface area contributed by atoms with Crippen molar-refractivity contribution in [2.75, 3.05) is 4.90 Å². The van der Waals surface area contributed by atoms with Crippen molar-refractivity contribution in [2.24, 2.45) is 0 Å². The summed E-state index contributed by atoms with van der Waals surface area (Å²) in [6, 6.07) is 80.8. The predicted octanol–water partition coefficient (Wildman–Crippen LogP) is 14.6. The van der Waals surface area contributed by atoms with Crippen LogP contribution < -0.4 is 4.90 Å². The molecule has 9 aromatic rings. The van der Waals surface area contributed by atoms with Gasteiger partial charge in [0, 0.05) is 16.9 Å². The van der Waals surface area contributed by atoms with E-state index in [1.165, 1.54) is 60.8 Å². The molecule has 0 radical (unpaired) electrons. The van der Waals surface area contributed by atoms with E-state index in [-0.39, 0.29) is 0 Å². The van der Waals surface area contributed by atoms with E-state index in [1.54, 1.807) is 0 Å². The molecule has 0 fully saturated rings. The number of hydrogen-bond donors (Lipinski definition) is 0. The maximum atomic E-state index is 2.40. The number of hydrogen-bond acceptors (Lipinski definition) is 1. The largest absolute Gasteiger partial charge is 0.310 e. The molecule has 9 aromatic carbocycles. The van der Waals surface area contributed by atoms with Crippen LogP contribution in [0.5, 0.6) is 0 Å². The van der Waals surface area contributed by atoms with Gasteiger partial charge in [-0.05, 0) is 97.2 Å². The van der Waals surface area contributed by atoms with Crippen molar-refractivity contribution in [3.63, 3.8) is 0 Å². The Morgan fingerprint density at radius 1 is 0.245 bits per heavy atom. The van der Waals surface area contributed by atoms with E-state index in [0.717, 1.165) is 22.6 Å². The Morgan fingerprint density at radius 2 is 0.755 bits per heavy atom. The van der Waals surface area contributed by atoms with Gasteiger partial charge in [-0.2, -0.15) is 0 Å². The van der Waals surface area contributed by atoms with Crippen LogP contribution in [0.15, 0.2) is 224 Å². The number of benzene rings is 9. The molecule has 0 spiro atoms. The van der Waals surface area contributed by atoms with Crippen LogP contribution in [0.4, 0.5) is 17.1 Å². The van der Waals surface area contributed by atoms with Gasteiger partial charge in [0.25, 0.3) is 0 Å². The summed E-state index contributed by atoms with van der Waals surface area (Å²) in [7, 11) is 0. The van der Waals surface area contributed by atoms with Crippen LogP contribution in [0.3, 0.4) is 0 Å². The van der Waals surface area contributed by atoms with Crippen LogP contribution in [0.1, 0.15) is 0 Å². The van der Waals surface area contributed by atoms with Gasteiger partial charge < -0.3 is 4.90 Å². The molecule has 0 atom stereocenters. The molecule has 0 aromatic heterocycles. The molecule has 0 amide bonds. The van der Waals surface area contributed by atoms with Crippen LogP contribution in [0.25, 0.3) is 66.4 Å². The van der Waals surface area contributed by atoms with Crippen molar-refractivity contribution in [1.29, 1.82) is 0 Å². The van der Waals surface area contributed by atoms with Gasteiger partial charge in [0.2, 0.25) is 0 Å². The first kappa shape index (κ1) is 32.0. The van der Waals surface area contributed by atoms with Gasteiger partial charge in [-0.3, -0.25) is 0 Å². The highest BCUT2D eigenvalue weighted by Crippen LogP contribution is 2.46. The zero-order chi connectivity index (χ0) is 35.4. The Hall–Kier alpha value is -6.96. The fraction of sp³-hybridized carbons (Fsp3) is 0. The molecular weight excluding hydrogens is 639 g/mol. The summed E-state index contributed by atoms with van der Waals surface area (Å²) in [5, 5.41) is 2.49. The number of para-hydroxylation sites is 2. The van der Waals surface area contributed by atoms with Crippen molar-refractivity contribution in [1.82, 2.24) is 0 Å². The lowest BCUT2D eigenvalue weighted by atomic mass is 9.87. The maximum Gasteiger partial charge on any atom is 0.0540 e. The molecule has 1 nitrogen and oxygen atoms in total. The third kappa shape index (κ3) is 6.30. The summed E-state index contributed by atoms with van der Waals surface area (Å²) >= 11 is 0. The Balaban J connectivity index is 1.23. The van der Waals surface area contributed by atoms with Gasteiger partial charge in [0.15, 0.2) is 0 Å². The van der Waals surface area contributed by atoms with Crippen LogP contribution in [0.2, 0.25) is 0 Å². The molecule has 0 saturated carbocycles. The molecule has 0 heterocycles. The minimum absolute atomic E-state index is 1.10. The Bertz CT molecular complexity index is 2660. The molecule has 0 bridgehead atoms. The average Bonchev–Trinajstić information content (AvgIpc) is 3.25. The monoisotopic (exact) mass is 675 g/mol. The molecule has 0 unspecified atom stereocenters. The molecule has 250 valence electrons. The van der Waals surface area contributed by atoms with Gasteiger partial charge >= 0.3 is 0 Å². The van der Waals surface area contributed by atoms with Crippen molar-refractivity contribution in [3.8, 4) is 55.6 Å². The molecule has 0 aliphatic heterocycles. The molecule has 53 heavy (non-hydrogen) atoms. The summed E-state index contributed by atoms with van der Waals surface area (Å²) in [4.78, 5) is 2.40. The van der Waals surface area contributed by atoms with Gasteiger partial charge in [-0.15, -0.1) is 0 Å². The van der Waals surface area contributed by atoms with Gasteiger partial charge in [-0.25, -0.2) is 0 Å². The fourth-order valence-electron chi connectivity index (χ4n) is 7.59. The first-order valence-electron chi connectivity index (χ1n) is 18.2. The van der Waals surface area contributed by atoms with Gasteiger partial charge in [0.05, 0.1) is 5.69 Å². The van der Waals surface area contributed by atoms with Crippen LogP contribution in [-0.2, 0) is 0 Å². The molecular formula is C52H37N. The lowest BCUT2D eigenvalue weighted by Gasteiger charge is -2.29. The molecule has 0 aliphatic rings. The van der Waals surface area contributed by atoms with E-state index in [4.69, 9.17) is 0 Å². The highest BCUT2D eigenvalue weighted by atomic mass is 15.1. The standard InChI is InChI=1S/C52H37N/c1-4-18-38(19-5-1)41-34-35-49(51(37-41)40-20-6-2-7-21-40)47-29-12-13-30-48(47)50-31-14-15-33-52(50)53(43-25-8-3-9-26-43)44-27-16-24-42(36-44)46-32-17-23-39-22-10-11-28-45(39)46/h1-37H. The molecule has 9 rings (SSSR count). The number of anilines is 3. The van der Waals surface area contributed by atoms with Gasteiger partial charge in [0.1, 0.15) is 0 Å². The topological polar surface area (TPSA) is 3.24 Å². The zero-order valence-corrected chi connectivity index (χ0v) is 29.3. The molecule has 0 saturated heterocycles. The Labute approximate surface area is 311 Å². The Kier molecular flexibility index (Phi) is 8.66. The van der Waals surface area contributed by atoms with Crippen LogP contribution in [0, 0.1) is 0 Å². The normalized spacial score (nSPS) is 11.0. The first-order chi connectivity index (χ1) is 26.3. The molecule has 0 aliphatic carbocycles.